The van der Waals surface area contributed by atoms with Gasteiger partial charge in [0.25, 0.3) is 0 Å². The highest BCUT2D eigenvalue weighted by Crippen LogP contribution is 2.35. The molecule has 1 aliphatic carbocycles. The lowest BCUT2D eigenvalue weighted by molar-refractivity contribution is -0.0369. The largest absolute Gasteiger partial charge is 0.494 e. The maximum Gasteiger partial charge on any atom is 0.119 e. The number of aliphatic hydroxyl groups is 1. The Hall–Kier alpha value is -1.06. The molecule has 116 valence electrons. The third-order valence-electron chi connectivity index (χ3n) is 5.06. The van der Waals surface area contributed by atoms with E-state index in [0.717, 1.165) is 38.3 Å². The monoisotopic (exact) mass is 289 g/mol. The van der Waals surface area contributed by atoms with Crippen LogP contribution < -0.4 is 4.74 Å². The molecule has 2 fully saturated rings. The van der Waals surface area contributed by atoms with Crippen LogP contribution in [0.1, 0.15) is 38.5 Å². The molecule has 0 spiro atoms. The van der Waals surface area contributed by atoms with Crippen molar-refractivity contribution in [3.05, 3.63) is 30.3 Å². The van der Waals surface area contributed by atoms with Crippen molar-refractivity contribution in [1.29, 1.82) is 0 Å². The number of hydrogen-bond donors (Lipinski definition) is 1. The van der Waals surface area contributed by atoms with Gasteiger partial charge in [0.2, 0.25) is 0 Å². The Morgan fingerprint density at radius 3 is 2.76 bits per heavy atom. The van der Waals surface area contributed by atoms with Crippen LogP contribution in [0.15, 0.2) is 30.3 Å². The van der Waals surface area contributed by atoms with Crippen molar-refractivity contribution in [3.8, 4) is 5.75 Å². The van der Waals surface area contributed by atoms with Crippen molar-refractivity contribution < 1.29 is 9.84 Å². The fourth-order valence-corrected chi connectivity index (χ4v) is 3.97. The van der Waals surface area contributed by atoms with E-state index in [4.69, 9.17) is 4.74 Å². The van der Waals surface area contributed by atoms with Gasteiger partial charge in [-0.2, -0.15) is 0 Å². The first-order chi connectivity index (χ1) is 10.3. The third kappa shape index (κ3) is 3.78. The molecule has 21 heavy (non-hydrogen) atoms. The molecule has 0 aromatic heterocycles. The SMILES string of the molecule is OC1CCN(CCCOc2ccccc2)C2CCCCC12. The van der Waals surface area contributed by atoms with Crippen LogP contribution in [0.3, 0.4) is 0 Å². The lowest BCUT2D eigenvalue weighted by Crippen LogP contribution is -2.52. The number of fused-ring (bicyclic) bond motifs is 1. The minimum atomic E-state index is -0.0629. The first-order valence-electron chi connectivity index (χ1n) is 8.44. The molecule has 3 atom stereocenters. The molecule has 1 aromatic rings. The van der Waals surface area contributed by atoms with Gasteiger partial charge in [-0.15, -0.1) is 0 Å². The van der Waals surface area contributed by atoms with Crippen LogP contribution in [0.4, 0.5) is 0 Å². The van der Waals surface area contributed by atoms with E-state index in [-0.39, 0.29) is 6.10 Å². The molecule has 1 saturated heterocycles. The molecule has 3 unspecified atom stereocenters. The predicted molar refractivity (Wildman–Crippen MR) is 84.5 cm³/mol. The van der Waals surface area contributed by atoms with Gasteiger partial charge in [0.15, 0.2) is 0 Å². The second-order valence-corrected chi connectivity index (χ2v) is 6.42. The molecule has 0 radical (unpaired) electrons. The number of piperidine rings is 1. The normalized spacial score (nSPS) is 29.9. The van der Waals surface area contributed by atoms with E-state index < -0.39 is 0 Å². The molecule has 3 heteroatoms. The molecular weight excluding hydrogens is 262 g/mol. The maximum absolute atomic E-state index is 10.2. The summed E-state index contributed by atoms with van der Waals surface area (Å²) < 4.78 is 5.78. The minimum Gasteiger partial charge on any atom is -0.494 e. The summed E-state index contributed by atoms with van der Waals surface area (Å²) in [5.41, 5.74) is 0. The molecule has 1 N–H and O–H groups in total. The average molecular weight is 289 g/mol. The van der Waals surface area contributed by atoms with E-state index >= 15 is 0 Å². The molecule has 0 amide bonds. The maximum atomic E-state index is 10.2. The highest BCUT2D eigenvalue weighted by atomic mass is 16.5. The number of para-hydroxylation sites is 1. The van der Waals surface area contributed by atoms with Gasteiger partial charge in [-0.1, -0.05) is 31.0 Å². The summed E-state index contributed by atoms with van der Waals surface area (Å²) in [6, 6.07) is 10.7. The van der Waals surface area contributed by atoms with Gasteiger partial charge in [0.05, 0.1) is 12.7 Å². The van der Waals surface area contributed by atoms with E-state index in [1.165, 1.54) is 25.7 Å². The van der Waals surface area contributed by atoms with E-state index in [9.17, 15) is 5.11 Å². The van der Waals surface area contributed by atoms with Crippen LogP contribution >= 0.6 is 0 Å². The summed E-state index contributed by atoms with van der Waals surface area (Å²) in [5.74, 6) is 1.48. The molecule has 1 heterocycles. The van der Waals surface area contributed by atoms with Gasteiger partial charge >= 0.3 is 0 Å². The number of aliphatic hydroxyl groups excluding tert-OH is 1. The third-order valence-corrected chi connectivity index (χ3v) is 5.06. The highest BCUT2D eigenvalue weighted by Gasteiger charge is 2.37. The smallest absolute Gasteiger partial charge is 0.119 e. The zero-order valence-electron chi connectivity index (χ0n) is 12.8. The summed E-state index contributed by atoms with van der Waals surface area (Å²) in [4.78, 5) is 2.60. The molecule has 1 aliphatic heterocycles. The van der Waals surface area contributed by atoms with E-state index in [1.807, 2.05) is 30.3 Å². The molecule has 1 aromatic carbocycles. The summed E-state index contributed by atoms with van der Waals surface area (Å²) >= 11 is 0. The summed E-state index contributed by atoms with van der Waals surface area (Å²) in [5, 5.41) is 10.2. The van der Waals surface area contributed by atoms with Crippen LogP contribution in [0, 0.1) is 5.92 Å². The number of benzene rings is 1. The van der Waals surface area contributed by atoms with Gasteiger partial charge < -0.3 is 9.84 Å². The molecule has 0 bridgehead atoms. The second kappa shape index (κ2) is 7.28. The van der Waals surface area contributed by atoms with E-state index in [0.29, 0.717) is 12.0 Å². The van der Waals surface area contributed by atoms with Gasteiger partial charge in [-0.3, -0.25) is 4.90 Å². The first kappa shape index (κ1) is 14.9. The van der Waals surface area contributed by atoms with Gasteiger partial charge in [0, 0.05) is 25.0 Å². The Bertz CT molecular complexity index is 422. The molecule has 2 aliphatic rings. The lowest BCUT2D eigenvalue weighted by Gasteiger charge is -2.46. The van der Waals surface area contributed by atoms with Crippen molar-refractivity contribution in [2.45, 2.75) is 50.7 Å². The topological polar surface area (TPSA) is 32.7 Å². The highest BCUT2D eigenvalue weighted by molar-refractivity contribution is 5.20. The number of ether oxygens (including phenoxy) is 1. The fourth-order valence-electron chi connectivity index (χ4n) is 3.97. The quantitative estimate of drug-likeness (QED) is 0.846. The Balaban J connectivity index is 1.44. The lowest BCUT2D eigenvalue weighted by atomic mass is 9.76. The second-order valence-electron chi connectivity index (χ2n) is 6.42. The predicted octanol–water partition coefficient (Wildman–Crippen LogP) is 3.08. The first-order valence-corrected chi connectivity index (χ1v) is 8.44. The van der Waals surface area contributed by atoms with Gasteiger partial charge in [0.1, 0.15) is 5.75 Å². The van der Waals surface area contributed by atoms with Crippen molar-refractivity contribution in [2.75, 3.05) is 19.7 Å². The van der Waals surface area contributed by atoms with Crippen LogP contribution in [-0.2, 0) is 0 Å². The molecule has 3 rings (SSSR count). The number of nitrogens with zero attached hydrogens (tertiary/aromatic N) is 1. The summed E-state index contributed by atoms with van der Waals surface area (Å²) in [6.07, 6.45) is 7.04. The van der Waals surface area contributed by atoms with Crippen molar-refractivity contribution >= 4 is 0 Å². The molecular formula is C18H27NO2. The van der Waals surface area contributed by atoms with Crippen molar-refractivity contribution in [2.24, 2.45) is 5.92 Å². The average Bonchev–Trinajstić information content (AvgIpc) is 2.55. The van der Waals surface area contributed by atoms with Crippen LogP contribution in [0.5, 0.6) is 5.75 Å². The summed E-state index contributed by atoms with van der Waals surface area (Å²) in [6.45, 7) is 2.93. The Morgan fingerprint density at radius 1 is 1.10 bits per heavy atom. The number of hydrogen-bond acceptors (Lipinski definition) is 3. The van der Waals surface area contributed by atoms with Crippen molar-refractivity contribution in [3.63, 3.8) is 0 Å². The summed E-state index contributed by atoms with van der Waals surface area (Å²) in [7, 11) is 0. The zero-order valence-corrected chi connectivity index (χ0v) is 12.8. The standard InChI is InChI=1S/C18H27NO2/c20-18-11-13-19(17-10-5-4-9-16(17)18)12-6-14-21-15-7-2-1-3-8-15/h1-3,7-8,16-18,20H,4-6,9-14H2. The Kier molecular flexibility index (Phi) is 5.15. The van der Waals surface area contributed by atoms with E-state index in [1.54, 1.807) is 0 Å². The zero-order chi connectivity index (χ0) is 14.5. The van der Waals surface area contributed by atoms with Crippen LogP contribution in [-0.4, -0.2) is 41.8 Å². The van der Waals surface area contributed by atoms with Crippen LogP contribution in [0.2, 0.25) is 0 Å². The Morgan fingerprint density at radius 2 is 1.90 bits per heavy atom. The Labute approximate surface area is 127 Å². The molecule has 1 saturated carbocycles. The van der Waals surface area contributed by atoms with Crippen LogP contribution in [0.25, 0.3) is 0 Å². The molecule has 3 nitrogen and oxygen atoms in total. The number of rotatable bonds is 5. The van der Waals surface area contributed by atoms with Gasteiger partial charge in [-0.25, -0.2) is 0 Å². The number of likely N-dealkylation sites (tertiary alicyclic amines) is 1. The minimum absolute atomic E-state index is 0.0629. The fraction of sp³-hybridized carbons (Fsp3) is 0.667. The van der Waals surface area contributed by atoms with Crippen molar-refractivity contribution in [1.82, 2.24) is 4.90 Å². The van der Waals surface area contributed by atoms with E-state index in [2.05, 4.69) is 4.90 Å². The van der Waals surface area contributed by atoms with Gasteiger partial charge in [-0.05, 0) is 37.8 Å².